The molecule has 2 rings (SSSR count). The van der Waals surface area contributed by atoms with Crippen molar-refractivity contribution in [3.63, 3.8) is 0 Å². The molecule has 0 saturated carbocycles. The Morgan fingerprint density at radius 2 is 2.16 bits per heavy atom. The van der Waals surface area contributed by atoms with Crippen LogP contribution in [0.15, 0.2) is 18.3 Å². The number of carboxylic acid groups (broad SMARTS) is 1. The highest BCUT2D eigenvalue weighted by atomic mass is 32.1. The maximum atomic E-state index is 11.9. The summed E-state index contributed by atoms with van der Waals surface area (Å²) in [6.45, 7) is 1.54. The summed E-state index contributed by atoms with van der Waals surface area (Å²) in [6.07, 6.45) is 1.35. The fraction of sp³-hybridized carbons (Fsp3) is 0.0909. The minimum atomic E-state index is -1.17. The molecule has 0 unspecified atom stereocenters. The van der Waals surface area contributed by atoms with Crippen molar-refractivity contribution in [1.82, 2.24) is 9.36 Å². The number of rotatable bonds is 3. The molecule has 0 aromatic carbocycles. The van der Waals surface area contributed by atoms with E-state index in [0.29, 0.717) is 5.69 Å². The molecule has 2 aromatic rings. The zero-order valence-electron chi connectivity index (χ0n) is 9.75. The SMILES string of the molecule is Cc1nsc(NC(=O)c2ncccc2O)c1C(=O)O. The Bertz CT molecular complexity index is 653. The molecule has 0 bridgehead atoms. The number of aromatic carboxylic acids is 1. The van der Waals surface area contributed by atoms with Crippen LogP contribution in [0.1, 0.15) is 26.5 Å². The Balaban J connectivity index is 2.30. The van der Waals surface area contributed by atoms with Crippen molar-refractivity contribution < 1.29 is 19.8 Å². The van der Waals surface area contributed by atoms with E-state index >= 15 is 0 Å². The topological polar surface area (TPSA) is 112 Å². The van der Waals surface area contributed by atoms with Gasteiger partial charge in [0.05, 0.1) is 5.69 Å². The van der Waals surface area contributed by atoms with Crippen LogP contribution in [0, 0.1) is 6.92 Å². The van der Waals surface area contributed by atoms with Crippen LogP contribution in [0.4, 0.5) is 5.00 Å². The highest BCUT2D eigenvalue weighted by Crippen LogP contribution is 2.25. The minimum absolute atomic E-state index is 0.0613. The number of aromatic nitrogens is 2. The highest BCUT2D eigenvalue weighted by molar-refractivity contribution is 7.11. The van der Waals surface area contributed by atoms with E-state index in [1.165, 1.54) is 25.3 Å². The van der Waals surface area contributed by atoms with Gasteiger partial charge in [0, 0.05) is 6.20 Å². The maximum Gasteiger partial charge on any atom is 0.340 e. The molecule has 3 N–H and O–H groups in total. The number of pyridine rings is 1. The second-order valence-corrected chi connectivity index (χ2v) is 4.38. The highest BCUT2D eigenvalue weighted by Gasteiger charge is 2.21. The first kappa shape index (κ1) is 13.0. The van der Waals surface area contributed by atoms with Crippen LogP contribution in [0.2, 0.25) is 0 Å². The van der Waals surface area contributed by atoms with E-state index in [9.17, 15) is 14.7 Å². The van der Waals surface area contributed by atoms with Crippen LogP contribution in [-0.4, -0.2) is 31.4 Å². The number of aryl methyl sites for hydroxylation is 1. The predicted molar refractivity (Wildman–Crippen MR) is 67.7 cm³/mol. The van der Waals surface area contributed by atoms with E-state index in [1.807, 2.05) is 0 Å². The van der Waals surface area contributed by atoms with Crippen molar-refractivity contribution in [2.75, 3.05) is 5.32 Å². The van der Waals surface area contributed by atoms with Gasteiger partial charge in [-0.05, 0) is 30.6 Å². The van der Waals surface area contributed by atoms with Crippen LogP contribution in [-0.2, 0) is 0 Å². The number of hydrogen-bond donors (Lipinski definition) is 3. The second-order valence-electron chi connectivity index (χ2n) is 3.60. The summed E-state index contributed by atoms with van der Waals surface area (Å²) in [5.74, 6) is -2.14. The Hall–Kier alpha value is -2.48. The van der Waals surface area contributed by atoms with Gasteiger partial charge in [-0.1, -0.05) is 0 Å². The zero-order valence-corrected chi connectivity index (χ0v) is 10.6. The quantitative estimate of drug-likeness (QED) is 0.784. The first-order valence-electron chi connectivity index (χ1n) is 5.15. The van der Waals surface area contributed by atoms with Crippen LogP contribution >= 0.6 is 11.5 Å². The Morgan fingerprint density at radius 1 is 1.42 bits per heavy atom. The van der Waals surface area contributed by atoms with E-state index in [0.717, 1.165) is 11.5 Å². The van der Waals surface area contributed by atoms with E-state index in [1.54, 1.807) is 0 Å². The number of carbonyl (C=O) groups is 2. The number of anilines is 1. The van der Waals surface area contributed by atoms with E-state index in [4.69, 9.17) is 5.11 Å². The molecular weight excluding hydrogens is 270 g/mol. The van der Waals surface area contributed by atoms with Crippen molar-refractivity contribution >= 4 is 28.4 Å². The predicted octanol–water partition coefficient (Wildman–Crippen LogP) is 1.50. The van der Waals surface area contributed by atoms with E-state index < -0.39 is 11.9 Å². The number of nitrogens with zero attached hydrogens (tertiary/aromatic N) is 2. The van der Waals surface area contributed by atoms with Gasteiger partial charge in [-0.3, -0.25) is 4.79 Å². The number of hydrogen-bond acceptors (Lipinski definition) is 6. The molecule has 8 heteroatoms. The number of amides is 1. The third-order valence-corrected chi connectivity index (χ3v) is 3.16. The molecule has 0 aliphatic carbocycles. The lowest BCUT2D eigenvalue weighted by Crippen LogP contribution is -2.15. The fourth-order valence-corrected chi connectivity index (χ4v) is 2.23. The summed E-state index contributed by atoms with van der Waals surface area (Å²) >= 11 is 0.861. The van der Waals surface area contributed by atoms with Crippen LogP contribution < -0.4 is 5.32 Å². The van der Waals surface area contributed by atoms with Gasteiger partial charge in [-0.25, -0.2) is 9.78 Å². The number of carboxylic acids is 1. The lowest BCUT2D eigenvalue weighted by atomic mass is 10.2. The molecule has 19 heavy (non-hydrogen) atoms. The standard InChI is InChI=1S/C11H9N3O4S/c1-5-7(11(17)18)10(19-14-5)13-9(16)8-6(15)3-2-4-12-8/h2-4,15H,1H3,(H,13,16)(H,17,18). The summed E-state index contributed by atoms with van der Waals surface area (Å²) in [5, 5.41) is 21.0. The van der Waals surface area contributed by atoms with Crippen LogP contribution in [0.3, 0.4) is 0 Å². The van der Waals surface area contributed by atoms with Gasteiger partial charge in [-0.15, -0.1) is 0 Å². The third-order valence-electron chi connectivity index (χ3n) is 2.31. The molecule has 0 saturated heterocycles. The van der Waals surface area contributed by atoms with E-state index in [2.05, 4.69) is 14.7 Å². The van der Waals surface area contributed by atoms with Gasteiger partial charge in [0.25, 0.3) is 5.91 Å². The molecular formula is C11H9N3O4S. The van der Waals surface area contributed by atoms with Crippen LogP contribution in [0.25, 0.3) is 0 Å². The van der Waals surface area contributed by atoms with Gasteiger partial charge < -0.3 is 15.5 Å². The molecule has 0 atom stereocenters. The van der Waals surface area contributed by atoms with E-state index in [-0.39, 0.29) is 22.0 Å². The normalized spacial score (nSPS) is 10.2. The molecule has 7 nitrogen and oxygen atoms in total. The summed E-state index contributed by atoms with van der Waals surface area (Å²) < 4.78 is 3.87. The monoisotopic (exact) mass is 279 g/mol. The lowest BCUT2D eigenvalue weighted by Gasteiger charge is -2.04. The number of nitrogens with one attached hydrogen (secondary N) is 1. The summed E-state index contributed by atoms with van der Waals surface area (Å²) in [6, 6.07) is 2.80. The first-order valence-corrected chi connectivity index (χ1v) is 5.93. The van der Waals surface area contributed by atoms with Crippen LogP contribution in [0.5, 0.6) is 5.75 Å². The van der Waals surface area contributed by atoms with Gasteiger partial charge in [0.1, 0.15) is 16.3 Å². The first-order chi connectivity index (χ1) is 9.00. The molecule has 0 radical (unpaired) electrons. The van der Waals surface area contributed by atoms with Gasteiger partial charge in [-0.2, -0.15) is 4.37 Å². The summed E-state index contributed by atoms with van der Waals surface area (Å²) in [5.41, 5.74) is 0.0803. The average molecular weight is 279 g/mol. The lowest BCUT2D eigenvalue weighted by molar-refractivity contribution is 0.0697. The minimum Gasteiger partial charge on any atom is -0.505 e. The maximum absolute atomic E-state index is 11.9. The fourth-order valence-electron chi connectivity index (χ4n) is 1.44. The number of aromatic hydroxyl groups is 1. The third kappa shape index (κ3) is 2.52. The molecule has 2 heterocycles. The molecule has 0 aliphatic rings. The Kier molecular flexibility index (Phi) is 3.43. The van der Waals surface area contributed by atoms with Crippen molar-refractivity contribution in [3.8, 4) is 5.75 Å². The van der Waals surface area contributed by atoms with Crippen molar-refractivity contribution in [2.24, 2.45) is 0 Å². The van der Waals surface area contributed by atoms with Crippen molar-refractivity contribution in [1.29, 1.82) is 0 Å². The zero-order chi connectivity index (χ0) is 14.0. The average Bonchev–Trinajstić information content (AvgIpc) is 2.70. The molecule has 0 aliphatic heterocycles. The largest absolute Gasteiger partial charge is 0.505 e. The number of carbonyl (C=O) groups excluding carboxylic acids is 1. The Morgan fingerprint density at radius 3 is 2.79 bits per heavy atom. The molecule has 2 aromatic heterocycles. The van der Waals surface area contributed by atoms with Crippen molar-refractivity contribution in [2.45, 2.75) is 6.92 Å². The Labute approximate surface area is 111 Å². The van der Waals surface area contributed by atoms with Crippen molar-refractivity contribution in [3.05, 3.63) is 35.3 Å². The smallest absolute Gasteiger partial charge is 0.340 e. The molecule has 98 valence electrons. The molecule has 0 fully saturated rings. The van der Waals surface area contributed by atoms with Gasteiger partial charge in [0.15, 0.2) is 5.69 Å². The second kappa shape index (κ2) is 5.02. The van der Waals surface area contributed by atoms with Gasteiger partial charge >= 0.3 is 5.97 Å². The summed E-state index contributed by atoms with van der Waals surface area (Å²) in [7, 11) is 0. The van der Waals surface area contributed by atoms with Gasteiger partial charge in [0.2, 0.25) is 0 Å². The summed E-state index contributed by atoms with van der Waals surface area (Å²) in [4.78, 5) is 26.6. The molecule has 0 spiro atoms. The molecule has 1 amide bonds.